The Morgan fingerprint density at radius 1 is 1.19 bits per heavy atom. The molecular weight excluding hydrogens is 365 g/mol. The van der Waals surface area contributed by atoms with Gasteiger partial charge in [0, 0.05) is 17.8 Å². The highest BCUT2D eigenvalue weighted by Gasteiger charge is 2.09. The molecule has 27 heavy (non-hydrogen) atoms. The minimum absolute atomic E-state index is 0.259. The number of amides is 1. The van der Waals surface area contributed by atoms with Crippen molar-refractivity contribution in [1.29, 1.82) is 0 Å². The van der Waals surface area contributed by atoms with Crippen LogP contribution in [0, 0.1) is 5.82 Å². The maximum absolute atomic E-state index is 14.0. The lowest BCUT2D eigenvalue weighted by Crippen LogP contribution is -2.20. The molecule has 8 heteroatoms. The second kappa shape index (κ2) is 8.81. The van der Waals surface area contributed by atoms with E-state index in [9.17, 15) is 9.18 Å². The average molecular weight is 381 g/mol. The first kappa shape index (κ1) is 18.4. The highest BCUT2D eigenvalue weighted by Crippen LogP contribution is 2.13. The van der Waals surface area contributed by atoms with E-state index in [0.717, 1.165) is 5.56 Å². The van der Waals surface area contributed by atoms with Crippen molar-refractivity contribution < 1.29 is 9.18 Å². The van der Waals surface area contributed by atoms with Gasteiger partial charge in [-0.2, -0.15) is 5.10 Å². The number of benzene rings is 2. The largest absolute Gasteiger partial charge is 0.321 e. The standard InChI is InChI=1S/C19H16FN5OS/c1-21-25-18(15-4-2-3-5-16(15)20)22-10-13-6-8-14(9-7-13)24-19(26)17-11-27-12-23-17/h2-9,11-12H,1,10H2,(H,22,25)(H,24,26). The normalized spacial score (nSPS) is 11.1. The fraction of sp³-hybridized carbons (Fsp3) is 0.0526. The molecule has 0 spiro atoms. The fourth-order valence-electron chi connectivity index (χ4n) is 2.29. The predicted molar refractivity (Wildman–Crippen MR) is 106 cm³/mol. The van der Waals surface area contributed by atoms with Crippen molar-refractivity contribution in [3.63, 3.8) is 0 Å². The van der Waals surface area contributed by atoms with Crippen LogP contribution in [-0.2, 0) is 6.54 Å². The van der Waals surface area contributed by atoms with Gasteiger partial charge in [-0.05, 0) is 29.8 Å². The smallest absolute Gasteiger partial charge is 0.275 e. The summed E-state index contributed by atoms with van der Waals surface area (Å²) in [6.45, 7) is 3.67. The van der Waals surface area contributed by atoms with Gasteiger partial charge in [-0.25, -0.2) is 9.37 Å². The Kier molecular flexibility index (Phi) is 6.01. The van der Waals surface area contributed by atoms with E-state index >= 15 is 0 Å². The Labute approximate surface area is 159 Å². The molecule has 1 heterocycles. The van der Waals surface area contributed by atoms with E-state index in [1.54, 1.807) is 41.2 Å². The van der Waals surface area contributed by atoms with E-state index in [-0.39, 0.29) is 5.91 Å². The Balaban J connectivity index is 1.69. The zero-order valence-electron chi connectivity index (χ0n) is 14.2. The Morgan fingerprint density at radius 2 is 1.96 bits per heavy atom. The van der Waals surface area contributed by atoms with Gasteiger partial charge in [0.2, 0.25) is 0 Å². The lowest BCUT2D eigenvalue weighted by molar-refractivity contribution is 0.102. The van der Waals surface area contributed by atoms with Crippen LogP contribution in [0.3, 0.4) is 0 Å². The number of thiazole rings is 1. The average Bonchev–Trinajstić information content (AvgIpc) is 3.22. The first-order valence-electron chi connectivity index (χ1n) is 7.97. The molecule has 0 atom stereocenters. The third-order valence-corrected chi connectivity index (χ3v) is 4.20. The highest BCUT2D eigenvalue weighted by atomic mass is 32.1. The van der Waals surface area contributed by atoms with Crippen LogP contribution >= 0.6 is 11.3 Å². The molecule has 0 saturated heterocycles. The first-order chi connectivity index (χ1) is 13.2. The van der Waals surface area contributed by atoms with E-state index in [1.165, 1.54) is 17.4 Å². The number of hydrogen-bond acceptors (Lipinski definition) is 5. The van der Waals surface area contributed by atoms with Crippen molar-refractivity contribution in [3.8, 4) is 0 Å². The fourth-order valence-corrected chi connectivity index (χ4v) is 2.82. The topological polar surface area (TPSA) is 78.7 Å². The molecule has 0 radical (unpaired) electrons. The number of rotatable bonds is 6. The van der Waals surface area contributed by atoms with Crippen LogP contribution in [-0.4, -0.2) is 23.4 Å². The molecule has 0 aliphatic rings. The number of nitrogens with one attached hydrogen (secondary N) is 2. The van der Waals surface area contributed by atoms with Gasteiger partial charge in [-0.1, -0.05) is 24.3 Å². The van der Waals surface area contributed by atoms with Crippen LogP contribution in [0.2, 0.25) is 0 Å². The molecule has 3 aromatic rings. The molecule has 136 valence electrons. The van der Waals surface area contributed by atoms with Crippen LogP contribution in [0.15, 0.2) is 69.5 Å². The van der Waals surface area contributed by atoms with E-state index in [0.29, 0.717) is 29.3 Å². The van der Waals surface area contributed by atoms with Crippen LogP contribution in [0.4, 0.5) is 10.1 Å². The number of hydrazone groups is 1. The molecule has 1 aromatic heterocycles. The number of aromatic nitrogens is 1. The van der Waals surface area contributed by atoms with E-state index in [4.69, 9.17) is 0 Å². The third-order valence-electron chi connectivity index (χ3n) is 3.61. The summed E-state index contributed by atoms with van der Waals surface area (Å²) in [5.41, 5.74) is 6.47. The van der Waals surface area contributed by atoms with Crippen molar-refractivity contribution in [1.82, 2.24) is 10.4 Å². The number of amidine groups is 1. The second-order valence-corrected chi connectivity index (χ2v) is 6.16. The van der Waals surface area contributed by atoms with Gasteiger partial charge in [0.15, 0.2) is 5.84 Å². The SMILES string of the molecule is C=NNC(=NCc1ccc(NC(=O)c2cscn2)cc1)c1ccccc1F. The molecule has 0 aliphatic heterocycles. The number of anilines is 1. The molecule has 1 amide bonds. The predicted octanol–water partition coefficient (Wildman–Crippen LogP) is 3.69. The summed E-state index contributed by atoms with van der Waals surface area (Å²) in [5.74, 6) is -0.360. The molecule has 0 fully saturated rings. The van der Waals surface area contributed by atoms with Gasteiger partial charge >= 0.3 is 0 Å². The first-order valence-corrected chi connectivity index (χ1v) is 8.91. The number of halogens is 1. The summed E-state index contributed by atoms with van der Waals surface area (Å²) in [5, 5.41) is 8.04. The summed E-state index contributed by atoms with van der Waals surface area (Å²) in [6.07, 6.45) is 0. The third kappa shape index (κ3) is 4.83. The van der Waals surface area contributed by atoms with E-state index in [2.05, 4.69) is 32.5 Å². The van der Waals surface area contributed by atoms with E-state index < -0.39 is 5.82 Å². The molecule has 3 rings (SSSR count). The van der Waals surface area contributed by atoms with Crippen molar-refractivity contribution in [2.75, 3.05) is 5.32 Å². The number of nitrogens with zero attached hydrogens (tertiary/aromatic N) is 3. The van der Waals surface area contributed by atoms with Gasteiger partial charge < -0.3 is 5.32 Å². The van der Waals surface area contributed by atoms with E-state index in [1.807, 2.05) is 12.1 Å². The summed E-state index contributed by atoms with van der Waals surface area (Å²) >= 11 is 1.36. The van der Waals surface area contributed by atoms with Gasteiger partial charge in [-0.3, -0.25) is 15.2 Å². The zero-order chi connectivity index (χ0) is 19.1. The Morgan fingerprint density at radius 3 is 2.63 bits per heavy atom. The van der Waals surface area contributed by atoms with Crippen molar-refractivity contribution in [3.05, 3.63) is 82.1 Å². The zero-order valence-corrected chi connectivity index (χ0v) is 15.0. The summed E-state index contributed by atoms with van der Waals surface area (Å²) < 4.78 is 14.0. The van der Waals surface area contributed by atoms with Crippen molar-refractivity contribution in [2.24, 2.45) is 10.1 Å². The Bertz CT molecular complexity index is 954. The molecule has 6 nitrogen and oxygen atoms in total. The van der Waals surface area contributed by atoms with Crippen molar-refractivity contribution >= 4 is 35.5 Å². The molecule has 0 bridgehead atoms. The number of aliphatic imine (C=N–C) groups is 1. The van der Waals surface area contributed by atoms with Gasteiger partial charge in [0.1, 0.15) is 11.5 Å². The van der Waals surface area contributed by atoms with Crippen LogP contribution < -0.4 is 10.7 Å². The lowest BCUT2D eigenvalue weighted by Gasteiger charge is -2.08. The molecular formula is C19H16FN5OS. The summed E-state index contributed by atoms with van der Waals surface area (Å²) in [7, 11) is 0. The maximum Gasteiger partial charge on any atom is 0.275 e. The highest BCUT2D eigenvalue weighted by molar-refractivity contribution is 7.07. The minimum atomic E-state index is -0.396. The number of hydrogen-bond donors (Lipinski definition) is 2. The van der Waals surface area contributed by atoms with Gasteiger partial charge in [0.25, 0.3) is 5.91 Å². The molecule has 2 aromatic carbocycles. The number of carbonyl (C=O) groups excluding carboxylic acids is 1. The molecule has 2 N–H and O–H groups in total. The number of carbonyl (C=O) groups is 1. The minimum Gasteiger partial charge on any atom is -0.321 e. The maximum atomic E-state index is 14.0. The molecule has 0 unspecified atom stereocenters. The molecule has 0 aliphatic carbocycles. The monoisotopic (exact) mass is 381 g/mol. The lowest BCUT2D eigenvalue weighted by atomic mass is 10.2. The second-order valence-electron chi connectivity index (χ2n) is 5.44. The van der Waals surface area contributed by atoms with Crippen LogP contribution in [0.1, 0.15) is 21.6 Å². The van der Waals surface area contributed by atoms with Crippen LogP contribution in [0.5, 0.6) is 0 Å². The van der Waals surface area contributed by atoms with Gasteiger partial charge in [-0.15, -0.1) is 11.3 Å². The van der Waals surface area contributed by atoms with Crippen LogP contribution in [0.25, 0.3) is 0 Å². The quantitative estimate of drug-likeness (QED) is 0.388. The van der Waals surface area contributed by atoms with Crippen molar-refractivity contribution in [2.45, 2.75) is 6.54 Å². The molecule has 0 saturated carbocycles. The summed E-state index contributed by atoms with van der Waals surface area (Å²) in [6, 6.07) is 13.5. The summed E-state index contributed by atoms with van der Waals surface area (Å²) in [4.78, 5) is 20.3. The Hall–Kier alpha value is -3.39. The van der Waals surface area contributed by atoms with Gasteiger partial charge in [0.05, 0.1) is 17.6 Å².